The molecule has 0 aromatic carbocycles. The Hall–Kier alpha value is -1.58. The Kier molecular flexibility index (Phi) is 4.56. The number of carbonyl (C=O) groups is 1. The number of amides is 1. The molecular weight excluding hydrogens is 226 g/mol. The molecule has 18 heavy (non-hydrogen) atoms. The summed E-state index contributed by atoms with van der Waals surface area (Å²) in [6, 6.07) is 3.81. The molecule has 0 saturated carbocycles. The molecule has 1 fully saturated rings. The van der Waals surface area contributed by atoms with Crippen molar-refractivity contribution in [2.75, 3.05) is 24.5 Å². The number of anilines is 1. The topological polar surface area (TPSA) is 45.2 Å². The molecule has 1 aliphatic rings. The Balaban J connectivity index is 2.04. The summed E-state index contributed by atoms with van der Waals surface area (Å²) >= 11 is 0. The van der Waals surface area contributed by atoms with Gasteiger partial charge in [0.15, 0.2) is 0 Å². The molecule has 0 unspecified atom stereocenters. The Morgan fingerprint density at radius 2 is 2.00 bits per heavy atom. The summed E-state index contributed by atoms with van der Waals surface area (Å²) in [5.41, 5.74) is 0.635. The van der Waals surface area contributed by atoms with E-state index in [-0.39, 0.29) is 5.91 Å². The van der Waals surface area contributed by atoms with Crippen molar-refractivity contribution in [2.45, 2.75) is 32.6 Å². The second-order valence-electron chi connectivity index (χ2n) is 4.67. The zero-order chi connectivity index (χ0) is 12.8. The number of nitrogens with one attached hydrogen (secondary N) is 1. The molecular formula is C14H21N3O. The molecule has 0 radical (unpaired) electrons. The van der Waals surface area contributed by atoms with Crippen LogP contribution in [0.2, 0.25) is 0 Å². The van der Waals surface area contributed by atoms with Crippen molar-refractivity contribution in [1.29, 1.82) is 0 Å². The molecule has 4 heteroatoms. The van der Waals surface area contributed by atoms with E-state index in [4.69, 9.17) is 0 Å². The van der Waals surface area contributed by atoms with E-state index in [1.807, 2.05) is 19.1 Å². The first-order valence-corrected chi connectivity index (χ1v) is 6.80. The van der Waals surface area contributed by atoms with Crippen molar-refractivity contribution in [3.8, 4) is 0 Å². The molecule has 2 rings (SSSR count). The SMILES string of the molecule is CCNC(=O)c1ccc(N2CCCCCC2)nc1. The largest absolute Gasteiger partial charge is 0.357 e. The van der Waals surface area contributed by atoms with Gasteiger partial charge in [-0.3, -0.25) is 4.79 Å². The van der Waals surface area contributed by atoms with Gasteiger partial charge in [0, 0.05) is 25.8 Å². The normalized spacial score (nSPS) is 16.2. The number of aromatic nitrogens is 1. The highest BCUT2D eigenvalue weighted by Gasteiger charge is 2.11. The summed E-state index contributed by atoms with van der Waals surface area (Å²) in [7, 11) is 0. The van der Waals surface area contributed by atoms with Crippen LogP contribution >= 0.6 is 0 Å². The van der Waals surface area contributed by atoms with Crippen molar-refractivity contribution in [2.24, 2.45) is 0 Å². The monoisotopic (exact) mass is 247 g/mol. The molecule has 1 N–H and O–H groups in total. The second kappa shape index (κ2) is 6.38. The van der Waals surface area contributed by atoms with Crippen LogP contribution in [-0.2, 0) is 0 Å². The maximum atomic E-state index is 11.6. The van der Waals surface area contributed by atoms with Gasteiger partial charge in [-0.15, -0.1) is 0 Å². The predicted molar refractivity (Wildman–Crippen MR) is 72.9 cm³/mol. The zero-order valence-corrected chi connectivity index (χ0v) is 11.0. The average molecular weight is 247 g/mol. The highest BCUT2D eigenvalue weighted by molar-refractivity contribution is 5.93. The van der Waals surface area contributed by atoms with Crippen LogP contribution in [-0.4, -0.2) is 30.5 Å². The van der Waals surface area contributed by atoms with Crippen molar-refractivity contribution >= 4 is 11.7 Å². The van der Waals surface area contributed by atoms with E-state index in [9.17, 15) is 4.79 Å². The maximum Gasteiger partial charge on any atom is 0.252 e. The number of carbonyl (C=O) groups excluding carboxylic acids is 1. The smallest absolute Gasteiger partial charge is 0.252 e. The summed E-state index contributed by atoms with van der Waals surface area (Å²) in [4.78, 5) is 18.3. The number of hydrogen-bond acceptors (Lipinski definition) is 3. The fourth-order valence-corrected chi connectivity index (χ4v) is 2.27. The molecule has 1 aromatic rings. The Labute approximate surface area is 108 Å². The van der Waals surface area contributed by atoms with E-state index in [2.05, 4.69) is 15.2 Å². The van der Waals surface area contributed by atoms with Gasteiger partial charge in [-0.25, -0.2) is 4.98 Å². The summed E-state index contributed by atoms with van der Waals surface area (Å²) in [6.45, 7) is 4.71. The Morgan fingerprint density at radius 1 is 1.28 bits per heavy atom. The molecule has 0 aliphatic carbocycles. The third kappa shape index (κ3) is 3.22. The van der Waals surface area contributed by atoms with Crippen molar-refractivity contribution in [3.05, 3.63) is 23.9 Å². The van der Waals surface area contributed by atoms with Crippen molar-refractivity contribution in [1.82, 2.24) is 10.3 Å². The molecule has 4 nitrogen and oxygen atoms in total. The van der Waals surface area contributed by atoms with Crippen LogP contribution in [0.15, 0.2) is 18.3 Å². The Morgan fingerprint density at radius 3 is 2.56 bits per heavy atom. The minimum Gasteiger partial charge on any atom is -0.357 e. The lowest BCUT2D eigenvalue weighted by Gasteiger charge is -2.21. The van der Waals surface area contributed by atoms with Gasteiger partial charge in [-0.2, -0.15) is 0 Å². The molecule has 1 aliphatic heterocycles. The minimum absolute atomic E-state index is 0.0487. The molecule has 0 bridgehead atoms. The molecule has 98 valence electrons. The minimum atomic E-state index is -0.0487. The third-order valence-corrected chi connectivity index (χ3v) is 3.28. The fraction of sp³-hybridized carbons (Fsp3) is 0.571. The first-order valence-electron chi connectivity index (χ1n) is 6.80. The van der Waals surface area contributed by atoms with Gasteiger partial charge in [0.25, 0.3) is 5.91 Å². The quantitative estimate of drug-likeness (QED) is 0.890. The molecule has 0 atom stereocenters. The van der Waals surface area contributed by atoms with E-state index < -0.39 is 0 Å². The summed E-state index contributed by atoms with van der Waals surface area (Å²) < 4.78 is 0. The lowest BCUT2D eigenvalue weighted by molar-refractivity contribution is 0.0955. The van der Waals surface area contributed by atoms with Crippen LogP contribution in [0.4, 0.5) is 5.82 Å². The van der Waals surface area contributed by atoms with Gasteiger partial charge in [0.2, 0.25) is 0 Å². The van der Waals surface area contributed by atoms with Gasteiger partial charge in [0.05, 0.1) is 5.56 Å². The highest BCUT2D eigenvalue weighted by Crippen LogP contribution is 2.17. The molecule has 1 saturated heterocycles. The summed E-state index contributed by atoms with van der Waals surface area (Å²) in [5.74, 6) is 0.942. The molecule has 2 heterocycles. The van der Waals surface area contributed by atoms with Crippen LogP contribution in [0, 0.1) is 0 Å². The van der Waals surface area contributed by atoms with Crippen LogP contribution < -0.4 is 10.2 Å². The molecule has 1 amide bonds. The molecule has 0 spiro atoms. The van der Waals surface area contributed by atoms with Gasteiger partial charge >= 0.3 is 0 Å². The lowest BCUT2D eigenvalue weighted by atomic mass is 10.2. The summed E-state index contributed by atoms with van der Waals surface area (Å²) in [6.07, 6.45) is 6.77. The van der Waals surface area contributed by atoms with Gasteiger partial charge in [0.1, 0.15) is 5.82 Å². The zero-order valence-electron chi connectivity index (χ0n) is 11.0. The number of pyridine rings is 1. The highest BCUT2D eigenvalue weighted by atomic mass is 16.1. The first kappa shape index (κ1) is 12.9. The molecule has 1 aromatic heterocycles. The van der Waals surface area contributed by atoms with Gasteiger partial charge in [-0.05, 0) is 31.9 Å². The standard InChI is InChI=1S/C14H21N3O/c1-2-15-14(18)12-7-8-13(16-11-12)17-9-5-3-4-6-10-17/h7-8,11H,2-6,9-10H2,1H3,(H,15,18). The van der Waals surface area contributed by atoms with E-state index >= 15 is 0 Å². The average Bonchev–Trinajstić information content (AvgIpc) is 2.68. The van der Waals surface area contributed by atoms with E-state index in [1.165, 1.54) is 25.7 Å². The predicted octanol–water partition coefficient (Wildman–Crippen LogP) is 2.21. The fourth-order valence-electron chi connectivity index (χ4n) is 2.27. The van der Waals surface area contributed by atoms with Gasteiger partial charge in [-0.1, -0.05) is 12.8 Å². The van der Waals surface area contributed by atoms with E-state index in [0.717, 1.165) is 18.9 Å². The van der Waals surface area contributed by atoms with Crippen LogP contribution in [0.5, 0.6) is 0 Å². The Bertz CT molecular complexity index is 381. The number of hydrogen-bond donors (Lipinski definition) is 1. The van der Waals surface area contributed by atoms with Crippen molar-refractivity contribution < 1.29 is 4.79 Å². The number of rotatable bonds is 3. The lowest BCUT2D eigenvalue weighted by Crippen LogP contribution is -2.26. The van der Waals surface area contributed by atoms with Gasteiger partial charge < -0.3 is 10.2 Å². The number of nitrogens with zero attached hydrogens (tertiary/aromatic N) is 2. The summed E-state index contributed by atoms with van der Waals surface area (Å²) in [5, 5.41) is 2.78. The van der Waals surface area contributed by atoms with Crippen LogP contribution in [0.3, 0.4) is 0 Å². The van der Waals surface area contributed by atoms with Crippen LogP contribution in [0.25, 0.3) is 0 Å². The van der Waals surface area contributed by atoms with E-state index in [0.29, 0.717) is 12.1 Å². The first-order chi connectivity index (χ1) is 8.81. The van der Waals surface area contributed by atoms with E-state index in [1.54, 1.807) is 6.20 Å². The maximum absolute atomic E-state index is 11.6. The van der Waals surface area contributed by atoms with Crippen LogP contribution in [0.1, 0.15) is 43.0 Å². The third-order valence-electron chi connectivity index (χ3n) is 3.28. The second-order valence-corrected chi connectivity index (χ2v) is 4.67. The van der Waals surface area contributed by atoms with Crippen molar-refractivity contribution in [3.63, 3.8) is 0 Å².